The third-order valence-electron chi connectivity index (χ3n) is 2.99. The van der Waals surface area contributed by atoms with Crippen molar-refractivity contribution in [2.24, 2.45) is 9.98 Å². The number of rotatable bonds is 2. The molecule has 0 atom stereocenters. The lowest BCUT2D eigenvalue weighted by atomic mass is 10.2. The number of aliphatic imine (C=N–C) groups is 2. The summed E-state index contributed by atoms with van der Waals surface area (Å²) in [5.74, 6) is 0.527. The summed E-state index contributed by atoms with van der Waals surface area (Å²) in [6.07, 6.45) is 10.9. The van der Waals surface area contributed by atoms with Gasteiger partial charge in [-0.1, -0.05) is 17.7 Å². The van der Waals surface area contributed by atoms with E-state index in [0.717, 1.165) is 5.04 Å². The van der Waals surface area contributed by atoms with Crippen molar-refractivity contribution in [2.45, 2.75) is 18.4 Å². The number of aryl methyl sites for hydroxylation is 1. The molecule has 118 valence electrons. The number of thioether (sulfide) groups is 1. The second-order valence-corrected chi connectivity index (χ2v) is 6.25. The molecule has 0 saturated heterocycles. The molecule has 0 unspecified atom stereocenters. The molecular weight excluding hydrogens is 344 g/mol. The zero-order valence-electron chi connectivity index (χ0n) is 12.7. The highest BCUT2D eigenvalue weighted by Crippen LogP contribution is 2.31. The van der Waals surface area contributed by atoms with Crippen LogP contribution in [-0.2, 0) is 0 Å². The van der Waals surface area contributed by atoms with Crippen LogP contribution < -0.4 is 0 Å². The van der Waals surface area contributed by atoms with E-state index < -0.39 is 0 Å². The van der Waals surface area contributed by atoms with Gasteiger partial charge in [-0.25, -0.2) is 15.0 Å². The minimum atomic E-state index is 0.308. The predicted molar refractivity (Wildman–Crippen MR) is 95.9 cm³/mol. The van der Waals surface area contributed by atoms with Crippen molar-refractivity contribution < 1.29 is 4.42 Å². The Morgan fingerprint density at radius 1 is 1.46 bits per heavy atom. The van der Waals surface area contributed by atoms with E-state index in [0.29, 0.717) is 39.4 Å². The number of nitriles is 1. The van der Waals surface area contributed by atoms with Gasteiger partial charge in [-0.2, -0.15) is 5.26 Å². The van der Waals surface area contributed by atoms with Gasteiger partial charge in [0.2, 0.25) is 0 Å². The summed E-state index contributed by atoms with van der Waals surface area (Å²) >= 11 is 7.33. The normalized spacial score (nSPS) is 16.5. The second kappa shape index (κ2) is 7.33. The van der Waals surface area contributed by atoms with Crippen LogP contribution in [0.5, 0.6) is 0 Å². The third-order valence-corrected chi connectivity index (χ3v) is 4.15. The van der Waals surface area contributed by atoms with Crippen molar-refractivity contribution >= 4 is 40.2 Å². The van der Waals surface area contributed by atoms with Gasteiger partial charge in [0.15, 0.2) is 11.0 Å². The van der Waals surface area contributed by atoms with E-state index in [4.69, 9.17) is 21.3 Å². The Labute approximate surface area is 148 Å². The van der Waals surface area contributed by atoms with Crippen LogP contribution >= 0.6 is 23.4 Å². The van der Waals surface area contributed by atoms with Crippen LogP contribution in [-0.4, -0.2) is 16.2 Å². The summed E-state index contributed by atoms with van der Waals surface area (Å²) in [6, 6.07) is 1.99. The number of allylic oxidation sites excluding steroid dienone is 5. The predicted octanol–water partition coefficient (Wildman–Crippen LogP) is 4.54. The maximum absolute atomic E-state index is 8.93. The number of hydrogen-bond donors (Lipinski definition) is 0. The van der Waals surface area contributed by atoms with E-state index in [1.165, 1.54) is 11.8 Å². The van der Waals surface area contributed by atoms with Crippen molar-refractivity contribution in [3.8, 4) is 6.07 Å². The number of halogens is 1. The van der Waals surface area contributed by atoms with Gasteiger partial charge in [-0.15, -0.1) is 5.73 Å². The minimum absolute atomic E-state index is 0.308. The largest absolute Gasteiger partial charge is 0.434 e. The molecule has 0 saturated carbocycles. The van der Waals surface area contributed by atoms with Gasteiger partial charge in [0.1, 0.15) is 22.5 Å². The average Bonchev–Trinajstić information content (AvgIpc) is 2.75. The number of hydrogen-bond acceptors (Lipinski definition) is 6. The van der Waals surface area contributed by atoms with Gasteiger partial charge in [0, 0.05) is 30.8 Å². The van der Waals surface area contributed by atoms with Crippen molar-refractivity contribution in [1.82, 2.24) is 4.98 Å². The smallest absolute Gasteiger partial charge is 0.195 e. The Bertz CT molecular complexity index is 934. The average molecular weight is 355 g/mol. The van der Waals surface area contributed by atoms with E-state index in [1.54, 1.807) is 31.5 Å². The van der Waals surface area contributed by atoms with Crippen LogP contribution in [0.3, 0.4) is 0 Å². The number of aromatic nitrogens is 1. The molecule has 0 fully saturated rings. The fraction of sp³-hybridized carbons (Fsp3) is 0.118. The van der Waals surface area contributed by atoms with Crippen molar-refractivity contribution in [3.63, 3.8) is 0 Å². The zero-order chi connectivity index (χ0) is 16.9. The Balaban J connectivity index is 1.93. The minimum Gasteiger partial charge on any atom is -0.434 e. The van der Waals surface area contributed by atoms with E-state index in [9.17, 15) is 0 Å². The fourth-order valence-electron chi connectivity index (χ4n) is 1.93. The summed E-state index contributed by atoms with van der Waals surface area (Å²) in [7, 11) is 0. The van der Waals surface area contributed by atoms with Crippen LogP contribution in [0.2, 0.25) is 0 Å². The molecule has 5 nitrogen and oxygen atoms in total. The Hall–Kier alpha value is -2.58. The first-order chi connectivity index (χ1) is 11.7. The lowest BCUT2D eigenvalue weighted by molar-refractivity contribution is 0.442. The topological polar surface area (TPSA) is 74.5 Å². The van der Waals surface area contributed by atoms with Gasteiger partial charge in [-0.3, -0.25) is 0 Å². The van der Waals surface area contributed by atoms with Gasteiger partial charge in [0.25, 0.3) is 0 Å². The lowest BCUT2D eigenvalue weighted by Crippen LogP contribution is -1.91. The zero-order valence-corrected chi connectivity index (χ0v) is 14.2. The van der Waals surface area contributed by atoms with Crippen LogP contribution in [0.1, 0.15) is 18.0 Å². The molecule has 3 rings (SSSR count). The summed E-state index contributed by atoms with van der Waals surface area (Å²) in [4.78, 5) is 12.8. The highest BCUT2D eigenvalue weighted by Gasteiger charge is 2.17. The van der Waals surface area contributed by atoms with Gasteiger partial charge in [-0.05, 0) is 30.0 Å². The van der Waals surface area contributed by atoms with Crippen molar-refractivity contribution in [2.75, 3.05) is 0 Å². The Morgan fingerprint density at radius 3 is 3.17 bits per heavy atom. The number of oxazole rings is 1. The first-order valence-corrected chi connectivity index (χ1v) is 8.21. The molecular formula is C17H11ClN4OS. The maximum atomic E-state index is 8.93. The molecule has 0 radical (unpaired) electrons. The molecule has 24 heavy (non-hydrogen) atoms. The summed E-state index contributed by atoms with van der Waals surface area (Å²) in [6.45, 7) is 1.77. The van der Waals surface area contributed by atoms with Crippen LogP contribution in [0, 0.1) is 18.3 Å². The molecule has 7 heteroatoms. The standard InChI is InChI=1S/C17H11ClN4OS/c1-11-22-16(12-4-2-6-14(8-19)20-9-12)17(23-11)24-15-7-3-5-13(18)10-21-15/h2-3,6-7,9-10H,5H2,1H3. The molecule has 0 N–H and O–H groups in total. The van der Waals surface area contributed by atoms with Gasteiger partial charge >= 0.3 is 0 Å². The third kappa shape index (κ3) is 3.84. The quantitative estimate of drug-likeness (QED) is 0.730. The van der Waals surface area contributed by atoms with Gasteiger partial charge in [0.05, 0.1) is 5.57 Å². The number of nitrogens with zero attached hydrogens (tertiary/aromatic N) is 4. The molecule has 0 aromatic carbocycles. The van der Waals surface area contributed by atoms with E-state index in [1.807, 2.05) is 18.2 Å². The molecule has 3 heterocycles. The first-order valence-electron chi connectivity index (χ1n) is 7.01. The van der Waals surface area contributed by atoms with E-state index >= 15 is 0 Å². The van der Waals surface area contributed by atoms with Crippen LogP contribution in [0.25, 0.3) is 5.57 Å². The van der Waals surface area contributed by atoms with E-state index in [-0.39, 0.29) is 0 Å². The molecule has 2 aliphatic heterocycles. The molecule has 1 aromatic heterocycles. The summed E-state index contributed by atoms with van der Waals surface area (Å²) < 4.78 is 5.70. The molecule has 2 aliphatic rings. The summed E-state index contributed by atoms with van der Waals surface area (Å²) in [5, 5.41) is 10.9. The Kier molecular flexibility index (Phi) is 4.97. The highest BCUT2D eigenvalue weighted by atomic mass is 35.5. The van der Waals surface area contributed by atoms with Crippen LogP contribution in [0.15, 0.2) is 66.5 Å². The molecule has 0 spiro atoms. The van der Waals surface area contributed by atoms with Crippen LogP contribution in [0.4, 0.5) is 0 Å². The fourth-order valence-corrected chi connectivity index (χ4v) is 2.94. The molecule has 0 amide bonds. The second-order valence-electron chi connectivity index (χ2n) is 4.77. The molecule has 0 aliphatic carbocycles. The SMILES string of the molecule is Cc1nc(C2=C=CC=C(C#N)N=C2)c(SC2=NC=C(Cl)CC=C2)o1. The highest BCUT2D eigenvalue weighted by molar-refractivity contribution is 8.14. The molecule has 0 bridgehead atoms. The Morgan fingerprint density at radius 2 is 2.33 bits per heavy atom. The maximum Gasteiger partial charge on any atom is 0.195 e. The van der Waals surface area contributed by atoms with E-state index in [2.05, 4.69) is 20.7 Å². The van der Waals surface area contributed by atoms with Crippen molar-refractivity contribution in [3.05, 3.63) is 58.5 Å². The first kappa shape index (κ1) is 16.3. The van der Waals surface area contributed by atoms with Crippen molar-refractivity contribution in [1.29, 1.82) is 5.26 Å². The molecule has 1 aromatic rings. The monoisotopic (exact) mass is 354 g/mol. The lowest BCUT2D eigenvalue weighted by Gasteiger charge is -1.99. The summed E-state index contributed by atoms with van der Waals surface area (Å²) in [5.41, 5.74) is 4.62. The van der Waals surface area contributed by atoms with Gasteiger partial charge < -0.3 is 4.42 Å².